The first-order valence-electron chi connectivity index (χ1n) is 9.97. The summed E-state index contributed by atoms with van der Waals surface area (Å²) in [5, 5.41) is 10.6. The van der Waals surface area contributed by atoms with Crippen LogP contribution < -0.4 is 9.47 Å². The largest absolute Gasteiger partial charge is 0.497 e. The fraction of sp³-hybridized carbons (Fsp3) is 0.478. The molecule has 1 aliphatic rings. The van der Waals surface area contributed by atoms with Crippen LogP contribution in [-0.2, 0) is 11.3 Å². The fourth-order valence-electron chi connectivity index (χ4n) is 3.56. The van der Waals surface area contributed by atoms with Crippen molar-refractivity contribution < 1.29 is 19.3 Å². The molecule has 5 heteroatoms. The van der Waals surface area contributed by atoms with Crippen molar-refractivity contribution in [2.24, 2.45) is 0 Å². The Labute approximate surface area is 167 Å². The molecule has 1 aliphatic heterocycles. The number of hydrogen-bond acceptors (Lipinski definition) is 5. The lowest BCUT2D eigenvalue weighted by atomic mass is 10.1. The molecular weight excluding hydrogens is 354 g/mol. The summed E-state index contributed by atoms with van der Waals surface area (Å²) in [6, 6.07) is 15.9. The van der Waals surface area contributed by atoms with E-state index < -0.39 is 6.10 Å². The zero-order chi connectivity index (χ0) is 19.8. The highest BCUT2D eigenvalue weighted by atomic mass is 16.5. The molecule has 2 aromatic carbocycles. The molecule has 1 heterocycles. The summed E-state index contributed by atoms with van der Waals surface area (Å²) in [6.45, 7) is 5.18. The van der Waals surface area contributed by atoms with Gasteiger partial charge in [-0.2, -0.15) is 0 Å². The average molecular weight is 386 g/mol. The highest BCUT2D eigenvalue weighted by Gasteiger charge is 2.21. The molecule has 2 atom stereocenters. The molecule has 1 saturated heterocycles. The van der Waals surface area contributed by atoms with Crippen LogP contribution in [0.3, 0.4) is 0 Å². The number of para-hydroxylation sites is 1. The lowest BCUT2D eigenvalue weighted by molar-refractivity contribution is 0.0312. The van der Waals surface area contributed by atoms with Gasteiger partial charge in [-0.25, -0.2) is 0 Å². The van der Waals surface area contributed by atoms with E-state index in [9.17, 15) is 5.11 Å². The van der Waals surface area contributed by atoms with Gasteiger partial charge in [0.1, 0.15) is 24.2 Å². The van der Waals surface area contributed by atoms with Crippen molar-refractivity contribution in [1.29, 1.82) is 0 Å². The third-order valence-electron chi connectivity index (χ3n) is 5.02. The van der Waals surface area contributed by atoms with Crippen LogP contribution >= 0.6 is 0 Å². The summed E-state index contributed by atoms with van der Waals surface area (Å²) in [6.07, 6.45) is 1.84. The number of methoxy groups -OCH3 is 1. The third kappa shape index (κ3) is 6.23. The smallest absolute Gasteiger partial charge is 0.122 e. The van der Waals surface area contributed by atoms with Crippen LogP contribution in [0.5, 0.6) is 11.5 Å². The Balaban J connectivity index is 1.59. The van der Waals surface area contributed by atoms with Crippen LogP contribution in [0.4, 0.5) is 0 Å². The molecular formula is C23H31NO4. The van der Waals surface area contributed by atoms with Crippen LogP contribution in [0.25, 0.3) is 0 Å². The zero-order valence-corrected chi connectivity index (χ0v) is 16.8. The molecule has 0 amide bonds. The first kappa shape index (κ1) is 20.6. The van der Waals surface area contributed by atoms with Crippen molar-refractivity contribution in [3.63, 3.8) is 0 Å². The topological polar surface area (TPSA) is 51.2 Å². The van der Waals surface area contributed by atoms with Crippen molar-refractivity contribution in [2.45, 2.75) is 38.5 Å². The Morgan fingerprint density at radius 1 is 1.21 bits per heavy atom. The average Bonchev–Trinajstić information content (AvgIpc) is 3.20. The SMILES string of the molecule is COc1cccc(CN(C[C@@H](O)COc2ccccc2C)C[C@H]2CCCO2)c1. The number of aliphatic hydroxyl groups is 1. The van der Waals surface area contributed by atoms with E-state index in [2.05, 4.69) is 11.0 Å². The van der Waals surface area contributed by atoms with Crippen LogP contribution in [0.15, 0.2) is 48.5 Å². The first-order chi connectivity index (χ1) is 13.6. The molecule has 0 aromatic heterocycles. The lowest BCUT2D eigenvalue weighted by Crippen LogP contribution is -2.39. The molecule has 0 spiro atoms. The molecule has 2 aromatic rings. The van der Waals surface area contributed by atoms with E-state index in [0.717, 1.165) is 55.2 Å². The Bertz CT molecular complexity index is 730. The van der Waals surface area contributed by atoms with E-state index >= 15 is 0 Å². The summed E-state index contributed by atoms with van der Waals surface area (Å²) in [5.41, 5.74) is 2.23. The van der Waals surface area contributed by atoms with E-state index in [1.54, 1.807) is 7.11 Å². The van der Waals surface area contributed by atoms with Gasteiger partial charge >= 0.3 is 0 Å². The Kier molecular flexibility index (Phi) is 7.71. The van der Waals surface area contributed by atoms with E-state index in [-0.39, 0.29) is 12.7 Å². The minimum Gasteiger partial charge on any atom is -0.497 e. The van der Waals surface area contributed by atoms with Gasteiger partial charge in [0.2, 0.25) is 0 Å². The summed E-state index contributed by atoms with van der Waals surface area (Å²) in [7, 11) is 1.68. The molecule has 1 N–H and O–H groups in total. The second-order valence-electron chi connectivity index (χ2n) is 7.41. The van der Waals surface area contributed by atoms with Crippen molar-refractivity contribution >= 4 is 0 Å². The van der Waals surface area contributed by atoms with E-state index in [1.807, 2.05) is 49.4 Å². The second kappa shape index (κ2) is 10.5. The normalized spacial score (nSPS) is 17.6. The van der Waals surface area contributed by atoms with Gasteiger partial charge in [0.05, 0.1) is 13.2 Å². The maximum absolute atomic E-state index is 10.6. The number of hydrogen-bond donors (Lipinski definition) is 1. The van der Waals surface area contributed by atoms with Crippen molar-refractivity contribution in [3.8, 4) is 11.5 Å². The Morgan fingerprint density at radius 3 is 2.82 bits per heavy atom. The van der Waals surface area contributed by atoms with E-state index in [1.165, 1.54) is 0 Å². The minimum absolute atomic E-state index is 0.232. The van der Waals surface area contributed by atoms with Gasteiger partial charge in [-0.1, -0.05) is 30.3 Å². The maximum atomic E-state index is 10.6. The zero-order valence-electron chi connectivity index (χ0n) is 16.8. The predicted molar refractivity (Wildman–Crippen MR) is 110 cm³/mol. The van der Waals surface area contributed by atoms with Crippen LogP contribution in [0.1, 0.15) is 24.0 Å². The van der Waals surface area contributed by atoms with Gasteiger partial charge in [-0.3, -0.25) is 4.90 Å². The van der Waals surface area contributed by atoms with Gasteiger partial charge in [0, 0.05) is 26.2 Å². The van der Waals surface area contributed by atoms with Crippen LogP contribution in [-0.4, -0.2) is 55.6 Å². The third-order valence-corrected chi connectivity index (χ3v) is 5.02. The van der Waals surface area contributed by atoms with Crippen LogP contribution in [0.2, 0.25) is 0 Å². The van der Waals surface area contributed by atoms with Gasteiger partial charge in [0.25, 0.3) is 0 Å². The van der Waals surface area contributed by atoms with Gasteiger partial charge in [-0.05, 0) is 49.1 Å². The Hall–Kier alpha value is -2.08. The van der Waals surface area contributed by atoms with Crippen molar-refractivity contribution in [3.05, 3.63) is 59.7 Å². The fourth-order valence-corrected chi connectivity index (χ4v) is 3.56. The lowest BCUT2D eigenvalue weighted by Gasteiger charge is -2.27. The predicted octanol–water partition coefficient (Wildman–Crippen LogP) is 3.42. The van der Waals surface area contributed by atoms with Gasteiger partial charge in [0.15, 0.2) is 0 Å². The molecule has 1 fully saturated rings. The van der Waals surface area contributed by atoms with Crippen molar-refractivity contribution in [2.75, 3.05) is 33.4 Å². The minimum atomic E-state index is -0.577. The molecule has 0 unspecified atom stereocenters. The molecule has 0 radical (unpaired) electrons. The summed E-state index contributed by atoms with van der Waals surface area (Å²) in [4.78, 5) is 2.25. The van der Waals surface area contributed by atoms with Crippen molar-refractivity contribution in [1.82, 2.24) is 4.90 Å². The number of rotatable bonds is 10. The molecule has 0 bridgehead atoms. The first-order valence-corrected chi connectivity index (χ1v) is 9.97. The second-order valence-corrected chi connectivity index (χ2v) is 7.41. The highest BCUT2D eigenvalue weighted by Crippen LogP contribution is 2.19. The monoisotopic (exact) mass is 385 g/mol. The van der Waals surface area contributed by atoms with Gasteiger partial charge in [-0.15, -0.1) is 0 Å². The number of aliphatic hydroxyl groups excluding tert-OH is 1. The summed E-state index contributed by atoms with van der Waals surface area (Å²) in [5.74, 6) is 1.66. The Morgan fingerprint density at radius 2 is 2.07 bits per heavy atom. The summed E-state index contributed by atoms with van der Waals surface area (Å²) >= 11 is 0. The van der Waals surface area contributed by atoms with E-state index in [4.69, 9.17) is 14.2 Å². The summed E-state index contributed by atoms with van der Waals surface area (Å²) < 4.78 is 17.0. The quantitative estimate of drug-likeness (QED) is 0.679. The molecule has 28 heavy (non-hydrogen) atoms. The number of aryl methyl sites for hydroxylation is 1. The van der Waals surface area contributed by atoms with E-state index in [0.29, 0.717) is 6.54 Å². The van der Waals surface area contributed by atoms with Crippen LogP contribution in [0, 0.1) is 6.92 Å². The molecule has 0 aliphatic carbocycles. The number of nitrogens with zero attached hydrogens (tertiary/aromatic N) is 1. The van der Waals surface area contributed by atoms with Gasteiger partial charge < -0.3 is 19.3 Å². The molecule has 152 valence electrons. The number of ether oxygens (including phenoxy) is 3. The standard InChI is InChI=1S/C23H31NO4/c1-18-7-3-4-11-23(18)28-17-20(25)15-24(16-22-10-6-12-27-22)14-19-8-5-9-21(13-19)26-2/h3-5,7-9,11,13,20,22,25H,6,10,12,14-17H2,1-2H3/t20-,22-/m1/s1. The maximum Gasteiger partial charge on any atom is 0.122 e. The molecule has 3 rings (SSSR count). The number of benzene rings is 2. The molecule has 5 nitrogen and oxygen atoms in total. The highest BCUT2D eigenvalue weighted by molar-refractivity contribution is 5.31. The molecule has 0 saturated carbocycles.